The number of ether oxygens (including phenoxy) is 3. The monoisotopic (exact) mass is 317 g/mol. The van der Waals surface area contributed by atoms with E-state index in [-0.39, 0.29) is 11.7 Å². The van der Waals surface area contributed by atoms with E-state index < -0.39 is 0 Å². The topological polar surface area (TPSA) is 30.9 Å². The lowest BCUT2D eigenvalue weighted by Gasteiger charge is -2.39. The fraction of sp³-hybridized carbons (Fsp3) is 0.684. The van der Waals surface area contributed by atoms with Gasteiger partial charge in [0.15, 0.2) is 0 Å². The number of rotatable bonds is 4. The van der Waals surface area contributed by atoms with Gasteiger partial charge in [-0.15, -0.1) is 0 Å². The van der Waals surface area contributed by atoms with E-state index in [9.17, 15) is 0 Å². The lowest BCUT2D eigenvalue weighted by atomic mass is 9.87. The summed E-state index contributed by atoms with van der Waals surface area (Å²) in [5, 5.41) is 0. The molecule has 3 heterocycles. The minimum Gasteiger partial charge on any atom is -0.488 e. The van der Waals surface area contributed by atoms with Gasteiger partial charge in [-0.05, 0) is 37.3 Å². The second-order valence-electron chi connectivity index (χ2n) is 7.28. The van der Waals surface area contributed by atoms with Crippen LogP contribution in [0.1, 0.15) is 25.7 Å². The number of likely N-dealkylation sites (tertiary alicyclic amines) is 1. The second-order valence-corrected chi connectivity index (χ2v) is 7.28. The van der Waals surface area contributed by atoms with Crippen LogP contribution in [0.2, 0.25) is 0 Å². The number of hydrogen-bond acceptors (Lipinski definition) is 4. The SMILES string of the molecule is c1ccc(O[C@H]2COC3(CCN(C[C@@H]4CCOC4)CC3)C2)cc1. The first-order chi connectivity index (χ1) is 11.3. The standard InChI is InChI=1S/C19H27NO3/c1-2-4-17(5-3-1)23-18-12-19(22-15-18)7-9-20(10-8-19)13-16-6-11-21-14-16/h1-5,16,18H,6-15H2/t16-,18+/m0/s1. The van der Waals surface area contributed by atoms with E-state index in [4.69, 9.17) is 14.2 Å². The van der Waals surface area contributed by atoms with E-state index in [1.807, 2.05) is 30.3 Å². The van der Waals surface area contributed by atoms with Crippen LogP contribution in [0.3, 0.4) is 0 Å². The van der Waals surface area contributed by atoms with Crippen molar-refractivity contribution in [3.8, 4) is 5.75 Å². The van der Waals surface area contributed by atoms with Gasteiger partial charge in [-0.25, -0.2) is 0 Å². The van der Waals surface area contributed by atoms with Gasteiger partial charge in [0.25, 0.3) is 0 Å². The molecule has 23 heavy (non-hydrogen) atoms. The molecule has 126 valence electrons. The summed E-state index contributed by atoms with van der Waals surface area (Å²) < 4.78 is 17.8. The predicted octanol–water partition coefficient (Wildman–Crippen LogP) is 2.73. The summed E-state index contributed by atoms with van der Waals surface area (Å²) in [4.78, 5) is 2.60. The third kappa shape index (κ3) is 3.70. The minimum absolute atomic E-state index is 0.0577. The predicted molar refractivity (Wildman–Crippen MR) is 88.8 cm³/mol. The molecule has 1 spiro atoms. The Balaban J connectivity index is 1.26. The Bertz CT molecular complexity index is 493. The fourth-order valence-electron chi connectivity index (χ4n) is 4.15. The Morgan fingerprint density at radius 2 is 1.96 bits per heavy atom. The Hall–Kier alpha value is -1.10. The van der Waals surface area contributed by atoms with Gasteiger partial charge in [-0.1, -0.05) is 18.2 Å². The van der Waals surface area contributed by atoms with Crippen molar-refractivity contribution in [2.75, 3.05) is 39.5 Å². The van der Waals surface area contributed by atoms with Gasteiger partial charge >= 0.3 is 0 Å². The fourth-order valence-corrected chi connectivity index (χ4v) is 4.15. The molecule has 2 atom stereocenters. The molecule has 0 aliphatic carbocycles. The Morgan fingerprint density at radius 3 is 2.70 bits per heavy atom. The van der Waals surface area contributed by atoms with E-state index in [1.54, 1.807) is 0 Å². The average molecular weight is 317 g/mol. The molecular formula is C19H27NO3. The Morgan fingerprint density at radius 1 is 1.13 bits per heavy atom. The molecule has 3 aliphatic heterocycles. The smallest absolute Gasteiger partial charge is 0.125 e. The van der Waals surface area contributed by atoms with Gasteiger partial charge in [-0.3, -0.25) is 0 Å². The molecule has 4 nitrogen and oxygen atoms in total. The highest BCUT2D eigenvalue weighted by Gasteiger charge is 2.43. The Kier molecular flexibility index (Phi) is 4.56. The average Bonchev–Trinajstić information content (AvgIpc) is 3.22. The summed E-state index contributed by atoms with van der Waals surface area (Å²) in [6.07, 6.45) is 4.73. The highest BCUT2D eigenvalue weighted by atomic mass is 16.6. The largest absolute Gasteiger partial charge is 0.488 e. The van der Waals surface area contributed by atoms with Crippen molar-refractivity contribution in [3.63, 3.8) is 0 Å². The molecule has 4 heteroatoms. The number of piperidine rings is 1. The van der Waals surface area contributed by atoms with Crippen LogP contribution in [-0.4, -0.2) is 56.1 Å². The van der Waals surface area contributed by atoms with E-state index >= 15 is 0 Å². The van der Waals surface area contributed by atoms with Crippen molar-refractivity contribution < 1.29 is 14.2 Å². The lowest BCUT2D eigenvalue weighted by molar-refractivity contribution is -0.0462. The van der Waals surface area contributed by atoms with Crippen LogP contribution >= 0.6 is 0 Å². The Labute approximate surface area is 138 Å². The molecule has 1 aromatic carbocycles. The summed E-state index contributed by atoms with van der Waals surface area (Å²) in [6, 6.07) is 10.1. The van der Waals surface area contributed by atoms with Crippen LogP contribution < -0.4 is 4.74 Å². The van der Waals surface area contributed by atoms with Gasteiger partial charge in [-0.2, -0.15) is 0 Å². The van der Waals surface area contributed by atoms with E-state index in [0.29, 0.717) is 0 Å². The molecule has 0 N–H and O–H groups in total. The third-order valence-corrected chi connectivity index (χ3v) is 5.53. The van der Waals surface area contributed by atoms with Crippen LogP contribution in [0.25, 0.3) is 0 Å². The quantitative estimate of drug-likeness (QED) is 0.854. The number of para-hydroxylation sites is 1. The maximum atomic E-state index is 6.21. The van der Waals surface area contributed by atoms with E-state index in [1.165, 1.54) is 13.0 Å². The molecule has 0 saturated carbocycles. The highest BCUT2D eigenvalue weighted by Crippen LogP contribution is 2.37. The summed E-state index contributed by atoms with van der Waals surface area (Å²) in [7, 11) is 0. The molecule has 0 unspecified atom stereocenters. The third-order valence-electron chi connectivity index (χ3n) is 5.53. The van der Waals surface area contributed by atoms with Crippen molar-refractivity contribution in [2.24, 2.45) is 5.92 Å². The number of hydrogen-bond donors (Lipinski definition) is 0. The number of nitrogens with zero attached hydrogens (tertiary/aromatic N) is 1. The zero-order chi connectivity index (χ0) is 15.5. The first-order valence-electron chi connectivity index (χ1n) is 8.97. The molecule has 3 aliphatic rings. The molecule has 0 amide bonds. The van der Waals surface area contributed by atoms with Crippen LogP contribution in [0, 0.1) is 5.92 Å². The summed E-state index contributed by atoms with van der Waals surface area (Å²) >= 11 is 0. The molecule has 0 radical (unpaired) electrons. The van der Waals surface area contributed by atoms with Crippen LogP contribution in [-0.2, 0) is 9.47 Å². The minimum atomic E-state index is 0.0577. The highest BCUT2D eigenvalue weighted by molar-refractivity contribution is 5.21. The lowest BCUT2D eigenvalue weighted by Crippen LogP contribution is -2.45. The molecule has 3 saturated heterocycles. The van der Waals surface area contributed by atoms with Gasteiger partial charge < -0.3 is 19.1 Å². The molecule has 0 bridgehead atoms. The first-order valence-corrected chi connectivity index (χ1v) is 8.97. The van der Waals surface area contributed by atoms with Crippen LogP contribution in [0.5, 0.6) is 5.75 Å². The number of benzene rings is 1. The van der Waals surface area contributed by atoms with Gasteiger partial charge in [0.2, 0.25) is 0 Å². The maximum Gasteiger partial charge on any atom is 0.125 e. The van der Waals surface area contributed by atoms with E-state index in [2.05, 4.69) is 4.90 Å². The zero-order valence-electron chi connectivity index (χ0n) is 13.8. The van der Waals surface area contributed by atoms with Gasteiger partial charge in [0.1, 0.15) is 11.9 Å². The van der Waals surface area contributed by atoms with E-state index in [0.717, 1.165) is 63.8 Å². The molecule has 4 rings (SSSR count). The molecule has 3 fully saturated rings. The zero-order valence-corrected chi connectivity index (χ0v) is 13.8. The van der Waals surface area contributed by atoms with Gasteiger partial charge in [0.05, 0.1) is 18.8 Å². The molecule has 0 aromatic heterocycles. The normalized spacial score (nSPS) is 30.8. The van der Waals surface area contributed by atoms with Crippen molar-refractivity contribution in [3.05, 3.63) is 30.3 Å². The summed E-state index contributed by atoms with van der Waals surface area (Å²) in [5.74, 6) is 1.69. The maximum absolute atomic E-state index is 6.21. The summed E-state index contributed by atoms with van der Waals surface area (Å²) in [5.41, 5.74) is 0.0577. The van der Waals surface area contributed by atoms with Crippen molar-refractivity contribution in [1.82, 2.24) is 4.90 Å². The van der Waals surface area contributed by atoms with Crippen molar-refractivity contribution in [1.29, 1.82) is 0 Å². The molecule has 1 aromatic rings. The second kappa shape index (κ2) is 6.80. The first kappa shape index (κ1) is 15.4. The summed E-state index contributed by atoms with van der Waals surface area (Å²) in [6.45, 7) is 6.11. The molecular weight excluding hydrogens is 290 g/mol. The van der Waals surface area contributed by atoms with Crippen molar-refractivity contribution >= 4 is 0 Å². The van der Waals surface area contributed by atoms with Crippen LogP contribution in [0.15, 0.2) is 30.3 Å². The van der Waals surface area contributed by atoms with Crippen LogP contribution in [0.4, 0.5) is 0 Å². The van der Waals surface area contributed by atoms with Gasteiger partial charge in [0, 0.05) is 32.7 Å². The van der Waals surface area contributed by atoms with Crippen molar-refractivity contribution in [2.45, 2.75) is 37.4 Å².